The fourth-order valence-corrected chi connectivity index (χ4v) is 4.20. The zero-order valence-electron chi connectivity index (χ0n) is 14.3. The molecule has 0 fully saturated rings. The van der Waals surface area contributed by atoms with Gasteiger partial charge in [-0.1, -0.05) is 62.1 Å². The van der Waals surface area contributed by atoms with Crippen LogP contribution >= 0.6 is 0 Å². The molecule has 0 saturated carbocycles. The zero-order valence-corrected chi connectivity index (χ0v) is 16.1. The van der Waals surface area contributed by atoms with E-state index in [0.29, 0.717) is 17.7 Å². The highest BCUT2D eigenvalue weighted by molar-refractivity contribution is 7.67. The SMILES string of the molecule is C[Si](C)(C)CCc1cccc(CC2=CC=C(CO)CC2=S=O)c1. The smallest absolute Gasteiger partial charge is 0.0926 e. The minimum atomic E-state index is -1.02. The molecule has 0 heterocycles. The lowest BCUT2D eigenvalue weighted by atomic mass is 9.93. The average molecular weight is 347 g/mol. The molecule has 2 nitrogen and oxygen atoms in total. The molecule has 1 aliphatic carbocycles. The normalized spacial score (nSPS) is 15.2. The summed E-state index contributed by atoms with van der Waals surface area (Å²) in [4.78, 5) is 0.837. The Balaban J connectivity index is 2.12. The molecule has 0 spiro atoms. The predicted octanol–water partition coefficient (Wildman–Crippen LogP) is 3.74. The lowest BCUT2D eigenvalue weighted by Crippen LogP contribution is -2.19. The van der Waals surface area contributed by atoms with E-state index in [1.807, 2.05) is 12.2 Å². The molecule has 0 aliphatic heterocycles. The van der Waals surface area contributed by atoms with Crippen LogP contribution < -0.4 is 0 Å². The predicted molar refractivity (Wildman–Crippen MR) is 103 cm³/mol. The molecule has 0 saturated heterocycles. The highest BCUT2D eigenvalue weighted by Gasteiger charge is 2.15. The van der Waals surface area contributed by atoms with Crippen LogP contribution in [0.1, 0.15) is 17.5 Å². The van der Waals surface area contributed by atoms with E-state index in [-0.39, 0.29) is 6.61 Å². The van der Waals surface area contributed by atoms with Crippen LogP contribution in [-0.4, -0.2) is 28.9 Å². The van der Waals surface area contributed by atoms with E-state index in [0.717, 1.165) is 28.9 Å². The molecule has 0 radical (unpaired) electrons. The highest BCUT2D eigenvalue weighted by atomic mass is 32.1. The first-order chi connectivity index (χ1) is 10.9. The van der Waals surface area contributed by atoms with Gasteiger partial charge in [-0.15, -0.1) is 0 Å². The maximum atomic E-state index is 11.4. The van der Waals surface area contributed by atoms with Crippen molar-refractivity contribution in [2.75, 3.05) is 6.61 Å². The van der Waals surface area contributed by atoms with Crippen LogP contribution in [0.5, 0.6) is 0 Å². The summed E-state index contributed by atoms with van der Waals surface area (Å²) in [5.74, 6) is 0. The Morgan fingerprint density at radius 3 is 2.57 bits per heavy atom. The molecule has 1 aromatic rings. The summed E-state index contributed by atoms with van der Waals surface area (Å²) >= 11 is 0.562. The first-order valence-electron chi connectivity index (χ1n) is 8.14. The van der Waals surface area contributed by atoms with E-state index in [4.69, 9.17) is 0 Å². The summed E-state index contributed by atoms with van der Waals surface area (Å²) in [7, 11) is -1.02. The molecular weight excluding hydrogens is 320 g/mol. The Labute approximate surface area is 144 Å². The molecule has 1 aromatic carbocycles. The van der Waals surface area contributed by atoms with Gasteiger partial charge >= 0.3 is 0 Å². The number of hydrogen-bond acceptors (Lipinski definition) is 2. The van der Waals surface area contributed by atoms with Gasteiger partial charge in [0.05, 0.1) is 22.7 Å². The number of aryl methyl sites for hydroxylation is 1. The van der Waals surface area contributed by atoms with E-state index in [1.165, 1.54) is 17.2 Å². The molecule has 2 rings (SSSR count). The second kappa shape index (κ2) is 8.04. The van der Waals surface area contributed by atoms with Gasteiger partial charge < -0.3 is 5.11 Å². The van der Waals surface area contributed by atoms with Crippen molar-refractivity contribution in [3.05, 3.63) is 58.7 Å². The van der Waals surface area contributed by atoms with Gasteiger partial charge in [0.2, 0.25) is 0 Å². The summed E-state index contributed by atoms with van der Waals surface area (Å²) in [5.41, 5.74) is 4.65. The highest BCUT2D eigenvalue weighted by Crippen LogP contribution is 2.21. The quantitative estimate of drug-likeness (QED) is 0.629. The van der Waals surface area contributed by atoms with Crippen molar-refractivity contribution < 1.29 is 9.32 Å². The molecule has 4 heteroatoms. The van der Waals surface area contributed by atoms with Crippen LogP contribution in [0, 0.1) is 0 Å². The molecule has 1 N–H and O–H groups in total. The third kappa shape index (κ3) is 5.72. The zero-order chi connectivity index (χ0) is 16.9. The molecular formula is C19H26O2SSi. The van der Waals surface area contributed by atoms with Crippen molar-refractivity contribution in [2.24, 2.45) is 0 Å². The number of rotatable bonds is 6. The second-order valence-corrected chi connectivity index (χ2v) is 13.7. The molecule has 0 amide bonds. The van der Waals surface area contributed by atoms with Crippen LogP contribution in [0.4, 0.5) is 0 Å². The Bertz CT molecular complexity index is 677. The van der Waals surface area contributed by atoms with Gasteiger partial charge in [-0.25, -0.2) is 4.21 Å². The van der Waals surface area contributed by atoms with Crippen LogP contribution in [-0.2, 0) is 24.1 Å². The summed E-state index contributed by atoms with van der Waals surface area (Å²) < 4.78 is 11.4. The van der Waals surface area contributed by atoms with E-state index < -0.39 is 8.07 Å². The Morgan fingerprint density at radius 2 is 1.91 bits per heavy atom. The third-order valence-electron chi connectivity index (χ3n) is 4.12. The minimum Gasteiger partial charge on any atom is -0.392 e. The fraction of sp³-hybridized carbons (Fsp3) is 0.421. The first-order valence-corrected chi connectivity index (χ1v) is 12.6. The van der Waals surface area contributed by atoms with Crippen molar-refractivity contribution in [3.8, 4) is 0 Å². The van der Waals surface area contributed by atoms with Gasteiger partial charge in [0.25, 0.3) is 0 Å². The maximum Gasteiger partial charge on any atom is 0.0926 e. The van der Waals surface area contributed by atoms with E-state index in [1.54, 1.807) is 0 Å². The van der Waals surface area contributed by atoms with Crippen LogP contribution in [0.15, 0.2) is 47.6 Å². The molecule has 23 heavy (non-hydrogen) atoms. The summed E-state index contributed by atoms with van der Waals surface area (Å²) in [6.07, 6.45) is 6.46. The summed E-state index contributed by atoms with van der Waals surface area (Å²) in [6.45, 7) is 7.24. The number of hydrogen-bond donors (Lipinski definition) is 1. The first kappa shape index (κ1) is 18.1. The third-order valence-corrected chi connectivity index (χ3v) is 6.48. The topological polar surface area (TPSA) is 37.3 Å². The van der Waals surface area contributed by atoms with E-state index in [9.17, 15) is 9.32 Å². The van der Waals surface area contributed by atoms with Gasteiger partial charge in [0, 0.05) is 14.5 Å². The van der Waals surface area contributed by atoms with Crippen molar-refractivity contribution in [1.29, 1.82) is 0 Å². The summed E-state index contributed by atoms with van der Waals surface area (Å²) in [5, 5.41) is 9.22. The van der Waals surface area contributed by atoms with Crippen LogP contribution in [0.2, 0.25) is 25.7 Å². The Hall–Kier alpha value is -1.23. The number of aliphatic hydroxyl groups is 1. The average Bonchev–Trinajstić information content (AvgIpc) is 2.53. The van der Waals surface area contributed by atoms with Gasteiger partial charge in [-0.3, -0.25) is 0 Å². The lowest BCUT2D eigenvalue weighted by molar-refractivity contribution is 0.329. The molecule has 0 unspecified atom stereocenters. The molecule has 0 bridgehead atoms. The van der Waals surface area contributed by atoms with Crippen molar-refractivity contribution in [3.63, 3.8) is 0 Å². The van der Waals surface area contributed by atoms with E-state index >= 15 is 0 Å². The molecule has 0 atom stereocenters. The van der Waals surface area contributed by atoms with E-state index in [2.05, 4.69) is 43.9 Å². The number of allylic oxidation sites excluding steroid dienone is 3. The van der Waals surface area contributed by atoms with Gasteiger partial charge in [-0.05, 0) is 35.1 Å². The van der Waals surface area contributed by atoms with Crippen LogP contribution in [0.25, 0.3) is 0 Å². The Morgan fingerprint density at radius 1 is 1.17 bits per heavy atom. The van der Waals surface area contributed by atoms with Crippen molar-refractivity contribution in [2.45, 2.75) is 44.9 Å². The number of aliphatic hydroxyl groups excluding tert-OH is 1. The van der Waals surface area contributed by atoms with Gasteiger partial charge in [0.15, 0.2) is 0 Å². The second-order valence-electron chi connectivity index (χ2n) is 7.42. The lowest BCUT2D eigenvalue weighted by Gasteiger charge is -2.17. The monoisotopic (exact) mass is 346 g/mol. The standard InChI is InChI=1S/C19H26O2SSi/c1-23(2,3)10-9-15-5-4-6-16(11-15)12-18-8-7-17(14-20)13-19(18)22-21/h4-8,11,20H,9-10,12-14H2,1-3H3. The molecule has 124 valence electrons. The molecule has 0 aromatic heterocycles. The molecule has 1 aliphatic rings. The van der Waals surface area contributed by atoms with Gasteiger partial charge in [-0.2, -0.15) is 0 Å². The Kier molecular flexibility index (Phi) is 6.33. The largest absolute Gasteiger partial charge is 0.392 e. The van der Waals surface area contributed by atoms with Crippen LogP contribution in [0.3, 0.4) is 0 Å². The van der Waals surface area contributed by atoms with Crippen molar-refractivity contribution in [1.82, 2.24) is 0 Å². The van der Waals surface area contributed by atoms with Gasteiger partial charge in [0.1, 0.15) is 0 Å². The number of benzene rings is 1. The van der Waals surface area contributed by atoms with Crippen molar-refractivity contribution >= 4 is 24.2 Å². The fourth-order valence-electron chi connectivity index (χ4n) is 2.67. The summed E-state index contributed by atoms with van der Waals surface area (Å²) in [6, 6.07) is 10.0. The minimum absolute atomic E-state index is 0.0278. The maximum absolute atomic E-state index is 11.4.